The Bertz CT molecular complexity index is 1720. The molecule has 0 saturated carbocycles. The summed E-state index contributed by atoms with van der Waals surface area (Å²) >= 11 is 0. The number of pyridine rings is 4. The molecule has 4 rings (SSSR count). The summed E-state index contributed by atoms with van der Waals surface area (Å²) in [6.07, 6.45) is 3.64. The van der Waals surface area contributed by atoms with E-state index in [0.717, 1.165) is 22.5 Å². The summed E-state index contributed by atoms with van der Waals surface area (Å²) in [6, 6.07) is 16.5. The Morgan fingerprint density at radius 3 is 1.67 bits per heavy atom. The van der Waals surface area contributed by atoms with E-state index in [4.69, 9.17) is 20.0 Å². The van der Waals surface area contributed by atoms with Crippen LogP contribution in [0.15, 0.2) is 70.9 Å². The third-order valence-electron chi connectivity index (χ3n) is 7.30. The van der Waals surface area contributed by atoms with E-state index in [2.05, 4.69) is 117 Å². The van der Waals surface area contributed by atoms with E-state index in [1.165, 1.54) is 11.1 Å². The maximum Gasteiger partial charge on any atom is 2.00 e. The first-order valence-electron chi connectivity index (χ1n) is 14.7. The van der Waals surface area contributed by atoms with Crippen molar-refractivity contribution in [2.45, 2.75) is 105 Å². The van der Waals surface area contributed by atoms with Crippen molar-refractivity contribution in [3.8, 4) is 11.4 Å². The van der Waals surface area contributed by atoms with Crippen LogP contribution in [-0.4, -0.2) is 9.97 Å². The van der Waals surface area contributed by atoms with Crippen molar-refractivity contribution in [1.29, 1.82) is 0 Å². The molecule has 0 fully saturated rings. The van der Waals surface area contributed by atoms with Crippen LogP contribution in [0.2, 0.25) is 0 Å². The van der Waals surface area contributed by atoms with Crippen LogP contribution in [0.4, 0.5) is 11.6 Å². The van der Waals surface area contributed by atoms with Gasteiger partial charge in [-0.15, -0.1) is 0 Å². The Morgan fingerprint density at radius 1 is 0.558 bits per heavy atom. The molecule has 0 radical (unpaired) electrons. The van der Waals surface area contributed by atoms with Crippen molar-refractivity contribution in [1.82, 2.24) is 19.9 Å². The Hall–Kier alpha value is -3.11. The average Bonchev–Trinajstić information content (AvgIpc) is 2.87. The van der Waals surface area contributed by atoms with Crippen LogP contribution in [0.5, 0.6) is 0 Å². The molecule has 4 heterocycles. The van der Waals surface area contributed by atoms with Crippen LogP contribution in [0.1, 0.15) is 105 Å². The summed E-state index contributed by atoms with van der Waals surface area (Å²) in [4.78, 5) is 28.8. The summed E-state index contributed by atoms with van der Waals surface area (Å²) in [7, 11) is 0. The molecule has 0 spiro atoms. The van der Waals surface area contributed by atoms with Gasteiger partial charge in [-0.3, -0.25) is 9.97 Å². The first kappa shape index (κ1) is 34.4. The second kappa shape index (κ2) is 12.5. The normalized spacial score (nSPS) is 13.7. The van der Waals surface area contributed by atoms with Gasteiger partial charge in [0.25, 0.3) is 0 Å². The van der Waals surface area contributed by atoms with Crippen molar-refractivity contribution >= 4 is 11.6 Å². The predicted octanol–water partition coefficient (Wildman–Crippen LogP) is 7.71. The van der Waals surface area contributed by atoms with Crippen LogP contribution < -0.4 is 20.9 Å². The largest absolute Gasteiger partial charge is 2.00 e. The molecule has 0 aliphatic heterocycles. The first-order valence-corrected chi connectivity index (χ1v) is 14.7. The van der Waals surface area contributed by atoms with E-state index in [0.29, 0.717) is 22.6 Å². The number of rotatable bonds is 3. The van der Waals surface area contributed by atoms with Gasteiger partial charge in [0, 0.05) is 6.20 Å². The van der Waals surface area contributed by atoms with Crippen molar-refractivity contribution in [3.63, 3.8) is 0 Å². The SMILES string of the molecule is CC(C)(C)c1ccnc(N=c2cc(C(C)(C)C)cc(-c3cc(C(C)(C)C)cc(/N=c4/cc(C(C)(C)C)cc[n-]4)n3)[n-]2)c1.[Pt+2]. The Balaban J connectivity index is 0.00000506. The van der Waals surface area contributed by atoms with Gasteiger partial charge in [0.2, 0.25) is 0 Å². The minimum Gasteiger partial charge on any atom is -0.443 e. The van der Waals surface area contributed by atoms with Crippen LogP contribution in [-0.2, 0) is 42.7 Å². The van der Waals surface area contributed by atoms with E-state index < -0.39 is 0 Å². The van der Waals surface area contributed by atoms with Gasteiger partial charge in [-0.2, -0.15) is 0 Å². The van der Waals surface area contributed by atoms with E-state index in [1.807, 2.05) is 36.7 Å². The molecule has 0 amide bonds. The van der Waals surface area contributed by atoms with Crippen molar-refractivity contribution in [2.75, 3.05) is 0 Å². The summed E-state index contributed by atoms with van der Waals surface area (Å²) in [6.45, 7) is 26.3. The molecule has 0 aliphatic carbocycles. The van der Waals surface area contributed by atoms with Crippen molar-refractivity contribution in [2.24, 2.45) is 9.98 Å². The molecule has 43 heavy (non-hydrogen) atoms. The zero-order valence-corrected chi connectivity index (χ0v) is 30.0. The smallest absolute Gasteiger partial charge is 0.443 e. The Labute approximate surface area is 271 Å². The Kier molecular flexibility index (Phi) is 9.98. The molecule has 230 valence electrons. The standard InChI is InChI=1S/C36H46N6.Pt/c1-33(2,3)23-13-15-37-29(19-23)41-31-21-25(35(7,8)9)17-27(39-31)28-18-26(36(10,11)12)22-32(40-28)42-30-20-24(14-16-38-30)34(4,5)6;/h13-22H,1-12H3;/q-2;+2. The quantitative estimate of drug-likeness (QED) is 0.215. The van der Waals surface area contributed by atoms with Crippen LogP contribution in [0, 0.1) is 0 Å². The van der Waals surface area contributed by atoms with Crippen molar-refractivity contribution in [3.05, 3.63) is 94.2 Å². The minimum atomic E-state index is -0.116. The van der Waals surface area contributed by atoms with Crippen molar-refractivity contribution < 1.29 is 21.1 Å². The fraction of sp³-hybridized carbons (Fsp3) is 0.444. The van der Waals surface area contributed by atoms with Gasteiger partial charge in [-0.1, -0.05) is 125 Å². The molecule has 4 aromatic rings. The minimum absolute atomic E-state index is 0. The second-order valence-electron chi connectivity index (χ2n) is 15.2. The molecule has 0 saturated heterocycles. The topological polar surface area (TPSA) is 78.7 Å². The second-order valence-corrected chi connectivity index (χ2v) is 15.2. The molecule has 0 aliphatic rings. The summed E-state index contributed by atoms with van der Waals surface area (Å²) < 4.78 is 0. The molecule has 0 unspecified atom stereocenters. The maximum absolute atomic E-state index is 5.00. The monoisotopic (exact) mass is 757 g/mol. The molecule has 0 bridgehead atoms. The number of aromatic nitrogens is 4. The average molecular weight is 758 g/mol. The third-order valence-corrected chi connectivity index (χ3v) is 7.30. The van der Waals surface area contributed by atoms with Gasteiger partial charge in [0.15, 0.2) is 0 Å². The molecular weight excluding hydrogens is 712 g/mol. The summed E-state index contributed by atoms with van der Waals surface area (Å²) in [5.41, 5.74) is 7.13. The summed E-state index contributed by atoms with van der Waals surface area (Å²) in [5.74, 6) is 1.25. The maximum atomic E-state index is 5.00. The zero-order valence-electron chi connectivity index (χ0n) is 27.8. The van der Waals surface area contributed by atoms with Gasteiger partial charge >= 0.3 is 21.1 Å². The van der Waals surface area contributed by atoms with Crippen LogP contribution >= 0.6 is 0 Å². The van der Waals surface area contributed by atoms with E-state index >= 15 is 0 Å². The summed E-state index contributed by atoms with van der Waals surface area (Å²) in [5, 5.41) is 0. The molecule has 0 N–H and O–H groups in total. The van der Waals surface area contributed by atoms with Crippen LogP contribution in [0.3, 0.4) is 0 Å². The van der Waals surface area contributed by atoms with Crippen LogP contribution in [0.25, 0.3) is 11.4 Å². The third kappa shape index (κ3) is 8.95. The van der Waals surface area contributed by atoms with Gasteiger partial charge in [-0.05, 0) is 73.9 Å². The predicted molar refractivity (Wildman–Crippen MR) is 172 cm³/mol. The number of hydrogen-bond acceptors (Lipinski definition) is 4. The number of hydrogen-bond donors (Lipinski definition) is 0. The molecule has 4 aromatic heterocycles. The van der Waals surface area contributed by atoms with E-state index in [1.54, 1.807) is 0 Å². The van der Waals surface area contributed by atoms with Gasteiger partial charge in [0.05, 0.1) is 17.3 Å². The fourth-order valence-electron chi connectivity index (χ4n) is 4.40. The number of nitrogens with zero attached hydrogens (tertiary/aromatic N) is 6. The van der Waals surface area contributed by atoms with E-state index in [-0.39, 0.29) is 42.7 Å². The molecule has 6 nitrogen and oxygen atoms in total. The van der Waals surface area contributed by atoms with Gasteiger partial charge < -0.3 is 20.0 Å². The molecule has 0 aromatic carbocycles. The van der Waals surface area contributed by atoms with Gasteiger partial charge in [0.1, 0.15) is 0 Å². The molecule has 7 heteroatoms. The fourth-order valence-corrected chi connectivity index (χ4v) is 4.40. The van der Waals surface area contributed by atoms with Gasteiger partial charge in [-0.25, -0.2) is 0 Å². The molecule has 0 atom stereocenters. The zero-order chi connectivity index (χ0) is 31.1. The molecular formula is C36H46N6Pt. The Morgan fingerprint density at radius 2 is 1.07 bits per heavy atom. The first-order chi connectivity index (χ1) is 19.3. The van der Waals surface area contributed by atoms with E-state index in [9.17, 15) is 0 Å².